The molecule has 138 valence electrons. The first-order valence-electron chi connectivity index (χ1n) is 8.61. The number of hydrogen-bond acceptors (Lipinski definition) is 5. The van der Waals surface area contributed by atoms with Crippen LogP contribution in [-0.4, -0.2) is 87.2 Å². The minimum absolute atomic E-state index is 0.0984. The number of ether oxygens (including phenoxy) is 1. The van der Waals surface area contributed by atoms with Gasteiger partial charge in [-0.3, -0.25) is 4.90 Å². The van der Waals surface area contributed by atoms with E-state index >= 15 is 0 Å². The van der Waals surface area contributed by atoms with E-state index in [-0.39, 0.29) is 12.0 Å². The van der Waals surface area contributed by atoms with Gasteiger partial charge in [-0.15, -0.1) is 0 Å². The highest BCUT2D eigenvalue weighted by Crippen LogP contribution is 2.12. The van der Waals surface area contributed by atoms with Gasteiger partial charge in [-0.1, -0.05) is 0 Å². The molecule has 0 atom stereocenters. The summed E-state index contributed by atoms with van der Waals surface area (Å²) in [7, 11) is 5.51. The van der Waals surface area contributed by atoms with Crippen LogP contribution in [0.1, 0.15) is 16.8 Å². The van der Waals surface area contributed by atoms with E-state index in [4.69, 9.17) is 0 Å². The zero-order chi connectivity index (χ0) is 18.2. The second kappa shape index (κ2) is 9.39. The average Bonchev–Trinajstić information content (AvgIpc) is 2.62. The van der Waals surface area contributed by atoms with Crippen molar-refractivity contribution in [2.75, 3.05) is 65.8 Å². The number of amides is 2. The van der Waals surface area contributed by atoms with Gasteiger partial charge in [-0.2, -0.15) is 0 Å². The van der Waals surface area contributed by atoms with Crippen molar-refractivity contribution in [1.29, 1.82) is 0 Å². The quantitative estimate of drug-likeness (QED) is 0.791. The van der Waals surface area contributed by atoms with E-state index < -0.39 is 0 Å². The summed E-state index contributed by atoms with van der Waals surface area (Å²) in [6.45, 7) is 5.43. The molecule has 0 spiro atoms. The van der Waals surface area contributed by atoms with E-state index in [9.17, 15) is 9.59 Å². The number of nitrogens with zero attached hydrogens (tertiary/aromatic N) is 3. The van der Waals surface area contributed by atoms with Crippen molar-refractivity contribution in [2.24, 2.45) is 0 Å². The number of carbonyl (C=O) groups excluding carboxylic acids is 2. The van der Waals surface area contributed by atoms with E-state index in [2.05, 4.69) is 33.9 Å². The molecule has 0 radical (unpaired) electrons. The van der Waals surface area contributed by atoms with Crippen molar-refractivity contribution in [1.82, 2.24) is 14.7 Å². The van der Waals surface area contributed by atoms with Crippen molar-refractivity contribution < 1.29 is 14.3 Å². The fourth-order valence-corrected chi connectivity index (χ4v) is 2.80. The van der Waals surface area contributed by atoms with Gasteiger partial charge >= 0.3 is 12.0 Å². The highest BCUT2D eigenvalue weighted by molar-refractivity contribution is 5.92. The number of esters is 1. The molecule has 7 nitrogen and oxygen atoms in total. The molecule has 0 unspecified atom stereocenters. The summed E-state index contributed by atoms with van der Waals surface area (Å²) in [6.07, 6.45) is 1.14. The second-order valence-electron chi connectivity index (χ2n) is 6.48. The summed E-state index contributed by atoms with van der Waals surface area (Å²) in [4.78, 5) is 30.2. The Morgan fingerprint density at radius 1 is 1.12 bits per heavy atom. The fourth-order valence-electron chi connectivity index (χ4n) is 2.80. The molecule has 0 bridgehead atoms. The lowest BCUT2D eigenvalue weighted by molar-refractivity contribution is 0.0600. The number of hydrogen-bond donors (Lipinski definition) is 1. The Morgan fingerprint density at radius 3 is 2.32 bits per heavy atom. The topological polar surface area (TPSA) is 65.1 Å². The molecule has 1 saturated heterocycles. The molecule has 25 heavy (non-hydrogen) atoms. The summed E-state index contributed by atoms with van der Waals surface area (Å²) in [5.41, 5.74) is 1.14. The number of urea groups is 1. The van der Waals surface area contributed by atoms with Gasteiger partial charge in [0.15, 0.2) is 0 Å². The van der Waals surface area contributed by atoms with Crippen LogP contribution in [0.25, 0.3) is 0 Å². The molecule has 1 N–H and O–H groups in total. The minimum atomic E-state index is -0.386. The van der Waals surface area contributed by atoms with Gasteiger partial charge in [0.05, 0.1) is 12.7 Å². The van der Waals surface area contributed by atoms with Crippen molar-refractivity contribution in [2.45, 2.75) is 6.42 Å². The Balaban J connectivity index is 1.76. The molecule has 0 aliphatic carbocycles. The van der Waals surface area contributed by atoms with E-state index in [0.29, 0.717) is 11.3 Å². The Morgan fingerprint density at radius 2 is 1.76 bits per heavy atom. The molecule has 1 aliphatic heterocycles. The predicted octanol–water partition coefficient (Wildman–Crippen LogP) is 1.57. The molecule has 7 heteroatoms. The highest BCUT2D eigenvalue weighted by atomic mass is 16.5. The van der Waals surface area contributed by atoms with Gasteiger partial charge < -0.3 is 19.9 Å². The van der Waals surface area contributed by atoms with E-state index in [1.54, 1.807) is 24.3 Å². The lowest BCUT2D eigenvalue weighted by Gasteiger charge is -2.34. The number of carbonyl (C=O) groups is 2. The van der Waals surface area contributed by atoms with Crippen LogP contribution in [0.15, 0.2) is 24.3 Å². The van der Waals surface area contributed by atoms with Gasteiger partial charge in [0.2, 0.25) is 0 Å². The average molecular weight is 348 g/mol. The van der Waals surface area contributed by atoms with Crippen LogP contribution in [0.3, 0.4) is 0 Å². The maximum absolute atomic E-state index is 12.4. The smallest absolute Gasteiger partial charge is 0.337 e. The number of methoxy groups -OCH3 is 1. The van der Waals surface area contributed by atoms with Crippen molar-refractivity contribution in [3.05, 3.63) is 29.8 Å². The molecular weight excluding hydrogens is 320 g/mol. The molecule has 1 heterocycles. The van der Waals surface area contributed by atoms with Crippen molar-refractivity contribution in [3.8, 4) is 0 Å². The lowest BCUT2D eigenvalue weighted by atomic mass is 10.2. The summed E-state index contributed by atoms with van der Waals surface area (Å²) < 4.78 is 4.66. The first-order valence-corrected chi connectivity index (χ1v) is 8.61. The van der Waals surface area contributed by atoms with Gasteiger partial charge in [-0.05, 0) is 57.9 Å². The molecular formula is C18H28N4O3. The molecule has 0 saturated carbocycles. The Kier molecular flexibility index (Phi) is 7.21. The third-order valence-electron chi connectivity index (χ3n) is 4.30. The molecule has 0 aromatic heterocycles. The van der Waals surface area contributed by atoms with Crippen LogP contribution in [0.5, 0.6) is 0 Å². The summed E-state index contributed by atoms with van der Waals surface area (Å²) in [6, 6.07) is 6.61. The van der Waals surface area contributed by atoms with Gasteiger partial charge in [-0.25, -0.2) is 9.59 Å². The van der Waals surface area contributed by atoms with Crippen LogP contribution in [-0.2, 0) is 4.74 Å². The van der Waals surface area contributed by atoms with Crippen molar-refractivity contribution in [3.63, 3.8) is 0 Å². The predicted molar refractivity (Wildman–Crippen MR) is 98.0 cm³/mol. The molecule has 2 amide bonds. The Hall–Kier alpha value is -2.12. The number of anilines is 1. The second-order valence-corrected chi connectivity index (χ2v) is 6.48. The number of piperazine rings is 1. The monoisotopic (exact) mass is 348 g/mol. The zero-order valence-electron chi connectivity index (χ0n) is 15.3. The van der Waals surface area contributed by atoms with E-state index in [1.807, 2.05) is 4.90 Å². The van der Waals surface area contributed by atoms with Crippen LogP contribution in [0.2, 0.25) is 0 Å². The lowest BCUT2D eigenvalue weighted by Crippen LogP contribution is -2.50. The summed E-state index contributed by atoms with van der Waals surface area (Å²) >= 11 is 0. The van der Waals surface area contributed by atoms with E-state index in [1.165, 1.54) is 7.11 Å². The SMILES string of the molecule is COC(=O)c1ccc(NC(=O)N2CCN(CCCN(C)C)CC2)cc1. The number of benzene rings is 1. The molecule has 1 fully saturated rings. The van der Waals surface area contributed by atoms with Gasteiger partial charge in [0, 0.05) is 31.9 Å². The third-order valence-corrected chi connectivity index (χ3v) is 4.30. The summed E-state index contributed by atoms with van der Waals surface area (Å²) in [5, 5.41) is 2.88. The maximum atomic E-state index is 12.4. The number of nitrogens with one attached hydrogen (secondary N) is 1. The van der Waals surface area contributed by atoms with Crippen molar-refractivity contribution >= 4 is 17.7 Å². The fraction of sp³-hybridized carbons (Fsp3) is 0.556. The Labute approximate surface area is 149 Å². The van der Waals surface area contributed by atoms with Crippen LogP contribution < -0.4 is 5.32 Å². The first kappa shape index (κ1) is 19.2. The first-order chi connectivity index (χ1) is 12.0. The molecule has 1 aromatic rings. The normalized spacial score (nSPS) is 15.3. The molecule has 2 rings (SSSR count). The standard InChI is InChI=1S/C18H28N4O3/c1-20(2)9-4-10-21-11-13-22(14-12-21)18(24)19-16-7-5-15(6-8-16)17(23)25-3/h5-8H,4,9-14H2,1-3H3,(H,19,24). The third kappa shape index (κ3) is 6.03. The van der Waals surface area contributed by atoms with Crippen LogP contribution in [0.4, 0.5) is 10.5 Å². The Bertz CT molecular complexity index is 566. The minimum Gasteiger partial charge on any atom is -0.465 e. The van der Waals surface area contributed by atoms with Gasteiger partial charge in [0.1, 0.15) is 0 Å². The zero-order valence-corrected chi connectivity index (χ0v) is 15.3. The maximum Gasteiger partial charge on any atom is 0.337 e. The molecule has 1 aliphatic rings. The highest BCUT2D eigenvalue weighted by Gasteiger charge is 2.20. The summed E-state index contributed by atoms with van der Waals surface area (Å²) in [5.74, 6) is -0.386. The van der Waals surface area contributed by atoms with Gasteiger partial charge in [0.25, 0.3) is 0 Å². The van der Waals surface area contributed by atoms with Crippen LogP contribution >= 0.6 is 0 Å². The van der Waals surface area contributed by atoms with Crippen LogP contribution in [0, 0.1) is 0 Å². The largest absolute Gasteiger partial charge is 0.465 e. The molecule has 1 aromatic carbocycles. The number of rotatable bonds is 6. The van der Waals surface area contributed by atoms with E-state index in [0.717, 1.165) is 45.7 Å².